The Morgan fingerprint density at radius 3 is 2.87 bits per heavy atom. The van der Waals surface area contributed by atoms with E-state index >= 15 is 0 Å². The molecule has 0 bridgehead atoms. The van der Waals surface area contributed by atoms with Crippen molar-refractivity contribution in [2.75, 3.05) is 13.6 Å². The van der Waals surface area contributed by atoms with Gasteiger partial charge in [-0.1, -0.05) is 19.8 Å². The van der Waals surface area contributed by atoms with Gasteiger partial charge in [-0.2, -0.15) is 4.52 Å². The van der Waals surface area contributed by atoms with Crippen molar-refractivity contribution in [1.82, 2.24) is 5.32 Å². The van der Waals surface area contributed by atoms with Crippen LogP contribution in [0.1, 0.15) is 32.6 Å². The van der Waals surface area contributed by atoms with Crippen LogP contribution in [-0.4, -0.2) is 19.7 Å². The molecule has 0 saturated heterocycles. The lowest BCUT2D eigenvalue weighted by Crippen LogP contribution is -2.34. The zero-order valence-corrected chi connectivity index (χ0v) is 12.0. The van der Waals surface area contributed by atoms with E-state index in [0.29, 0.717) is 5.92 Å². The third kappa shape index (κ3) is 5.10. The van der Waals surface area contributed by atoms with Gasteiger partial charge in [0, 0.05) is 6.54 Å². The summed E-state index contributed by atoms with van der Waals surface area (Å²) in [5.41, 5.74) is 0. The van der Waals surface area contributed by atoms with Gasteiger partial charge in [-0.3, -0.25) is 0 Å². The molecule has 2 nitrogen and oxygen atoms in total. The van der Waals surface area contributed by atoms with Gasteiger partial charge in [0.1, 0.15) is 6.10 Å². The van der Waals surface area contributed by atoms with Crippen molar-refractivity contribution >= 4 is 30.2 Å². The highest BCUT2D eigenvalue weighted by Crippen LogP contribution is 2.35. The molecular formula is C10H20NOPS2. The molecule has 1 N–H and O–H groups in total. The first kappa shape index (κ1) is 13.9. The molecule has 4 unspecified atom stereocenters. The Labute approximate surface area is 104 Å². The Balaban J connectivity index is 2.49. The van der Waals surface area contributed by atoms with E-state index in [2.05, 4.69) is 12.2 Å². The Morgan fingerprint density at radius 2 is 2.33 bits per heavy atom. The molecule has 0 radical (unpaired) electrons. The molecule has 1 saturated carbocycles. The number of nitrogens with one attached hydrogen (secondary N) is 1. The maximum Gasteiger partial charge on any atom is 0.201 e. The van der Waals surface area contributed by atoms with E-state index in [4.69, 9.17) is 28.6 Å². The molecule has 1 rings (SSSR count). The van der Waals surface area contributed by atoms with Crippen LogP contribution in [0.25, 0.3) is 0 Å². The minimum Gasteiger partial charge on any atom is -0.441 e. The zero-order valence-electron chi connectivity index (χ0n) is 9.44. The van der Waals surface area contributed by atoms with E-state index in [1.165, 1.54) is 25.7 Å². The van der Waals surface area contributed by atoms with Crippen molar-refractivity contribution in [2.24, 2.45) is 11.8 Å². The summed E-state index contributed by atoms with van der Waals surface area (Å²) < 4.78 is 5.71. The summed E-state index contributed by atoms with van der Waals surface area (Å²) >= 11 is 10.00. The van der Waals surface area contributed by atoms with Gasteiger partial charge in [-0.05, 0) is 31.7 Å². The SMILES string of the molecule is CNCC(O[P+](=S)[S-])C1CCCC(C)C1. The predicted molar refractivity (Wildman–Crippen MR) is 71.6 cm³/mol. The quantitative estimate of drug-likeness (QED) is 0.609. The molecule has 5 heteroatoms. The highest BCUT2D eigenvalue weighted by molar-refractivity contribution is 8.45. The van der Waals surface area contributed by atoms with E-state index in [1.807, 2.05) is 7.05 Å². The number of hydrogen-bond acceptors (Lipinski definition) is 4. The summed E-state index contributed by atoms with van der Waals surface area (Å²) in [7, 11) is 1.96. The average molecular weight is 265 g/mol. The molecule has 0 aromatic heterocycles. The number of likely N-dealkylation sites (N-methyl/N-ethyl adjacent to an activating group) is 1. The molecule has 0 aromatic carbocycles. The second kappa shape index (κ2) is 7.18. The van der Waals surface area contributed by atoms with Crippen LogP contribution in [-0.2, 0) is 28.6 Å². The predicted octanol–water partition coefficient (Wildman–Crippen LogP) is 2.74. The van der Waals surface area contributed by atoms with Crippen molar-refractivity contribution in [1.29, 1.82) is 0 Å². The van der Waals surface area contributed by atoms with Gasteiger partial charge in [0.25, 0.3) is 0 Å². The zero-order chi connectivity index (χ0) is 11.3. The van der Waals surface area contributed by atoms with Crippen molar-refractivity contribution in [3.05, 3.63) is 0 Å². The average Bonchev–Trinajstić information content (AvgIpc) is 2.16. The summed E-state index contributed by atoms with van der Waals surface area (Å²) in [6.07, 6.45) is 4.39. The van der Waals surface area contributed by atoms with Crippen molar-refractivity contribution in [3.63, 3.8) is 0 Å². The van der Waals surface area contributed by atoms with Gasteiger partial charge < -0.3 is 17.6 Å². The fraction of sp³-hybridized carbons (Fsp3) is 1.00. The van der Waals surface area contributed by atoms with Crippen LogP contribution < -0.4 is 5.32 Å². The molecule has 0 aromatic rings. The highest BCUT2D eigenvalue weighted by atomic mass is 32.9. The molecule has 0 amide bonds. The van der Waals surface area contributed by atoms with Crippen molar-refractivity contribution in [3.8, 4) is 0 Å². The third-order valence-corrected chi connectivity index (χ3v) is 4.09. The van der Waals surface area contributed by atoms with E-state index < -0.39 is 6.13 Å². The Kier molecular flexibility index (Phi) is 6.63. The van der Waals surface area contributed by atoms with Crippen LogP contribution in [0, 0.1) is 11.8 Å². The van der Waals surface area contributed by atoms with Crippen LogP contribution >= 0.6 is 6.13 Å². The Hall–Kier alpha value is 0.790. The van der Waals surface area contributed by atoms with Gasteiger partial charge in [0.2, 0.25) is 6.13 Å². The highest BCUT2D eigenvalue weighted by Gasteiger charge is 2.29. The Morgan fingerprint density at radius 1 is 1.60 bits per heavy atom. The molecule has 15 heavy (non-hydrogen) atoms. The van der Waals surface area contributed by atoms with Gasteiger partial charge >= 0.3 is 0 Å². The van der Waals surface area contributed by atoms with Crippen LogP contribution in [0.5, 0.6) is 0 Å². The van der Waals surface area contributed by atoms with E-state index in [9.17, 15) is 0 Å². The summed E-state index contributed by atoms with van der Waals surface area (Å²) in [5, 5.41) is 3.18. The molecular weight excluding hydrogens is 245 g/mol. The minimum atomic E-state index is -1.06. The summed E-state index contributed by atoms with van der Waals surface area (Å²) in [6, 6.07) is 0. The number of rotatable bonds is 5. The first-order valence-electron chi connectivity index (χ1n) is 5.59. The smallest absolute Gasteiger partial charge is 0.201 e. The molecule has 4 atom stereocenters. The van der Waals surface area contributed by atoms with Gasteiger partial charge in [-0.15, -0.1) is 0 Å². The van der Waals surface area contributed by atoms with Gasteiger partial charge in [0.15, 0.2) is 11.8 Å². The summed E-state index contributed by atoms with van der Waals surface area (Å²) in [4.78, 5) is 0. The normalized spacial score (nSPS) is 29.9. The molecule has 0 aliphatic heterocycles. The maximum atomic E-state index is 5.71. The van der Waals surface area contributed by atoms with Gasteiger partial charge in [0.05, 0.1) is 0 Å². The van der Waals surface area contributed by atoms with Crippen LogP contribution in [0.15, 0.2) is 0 Å². The molecule has 1 aliphatic carbocycles. The molecule has 88 valence electrons. The summed E-state index contributed by atoms with van der Waals surface area (Å²) in [5.74, 6) is 1.48. The summed E-state index contributed by atoms with van der Waals surface area (Å²) in [6.45, 7) is 3.20. The monoisotopic (exact) mass is 265 g/mol. The second-order valence-corrected chi connectivity index (χ2v) is 7.80. The first-order valence-corrected chi connectivity index (χ1v) is 8.88. The second-order valence-electron chi connectivity index (χ2n) is 4.46. The van der Waals surface area contributed by atoms with Crippen LogP contribution in [0.2, 0.25) is 0 Å². The lowest BCUT2D eigenvalue weighted by Gasteiger charge is -2.31. The minimum absolute atomic E-state index is 0.235. The van der Waals surface area contributed by atoms with E-state index in [-0.39, 0.29) is 6.10 Å². The van der Waals surface area contributed by atoms with E-state index in [1.54, 1.807) is 0 Å². The lowest BCUT2D eigenvalue weighted by atomic mass is 9.79. The third-order valence-electron chi connectivity index (χ3n) is 3.13. The maximum absolute atomic E-state index is 5.71. The largest absolute Gasteiger partial charge is 0.441 e. The van der Waals surface area contributed by atoms with Gasteiger partial charge in [-0.25, -0.2) is 0 Å². The van der Waals surface area contributed by atoms with Crippen molar-refractivity contribution in [2.45, 2.75) is 38.7 Å². The molecule has 1 fully saturated rings. The molecule has 1 aliphatic rings. The lowest BCUT2D eigenvalue weighted by molar-refractivity contribution is 0.110. The molecule has 0 spiro atoms. The Bertz CT molecular complexity index is 216. The van der Waals surface area contributed by atoms with Crippen molar-refractivity contribution < 1.29 is 4.52 Å². The van der Waals surface area contributed by atoms with E-state index in [0.717, 1.165) is 12.5 Å². The molecule has 0 heterocycles. The fourth-order valence-electron chi connectivity index (χ4n) is 2.42. The fourth-order valence-corrected chi connectivity index (χ4v) is 3.55. The topological polar surface area (TPSA) is 21.3 Å². The number of hydrogen-bond donors (Lipinski definition) is 1. The van der Waals surface area contributed by atoms with Crippen LogP contribution in [0.4, 0.5) is 0 Å². The standard InChI is InChI=1S/C10H20NOPS2/c1-8-4-3-5-9(6-8)10(7-11-2)12-13(14)15/h8-11H,3-7H2,1-2H3. The van der Waals surface area contributed by atoms with Crippen LogP contribution in [0.3, 0.4) is 0 Å². The first-order chi connectivity index (χ1) is 7.13.